The largest absolute Gasteiger partial charge is 0.441 e. The van der Waals surface area contributed by atoms with E-state index in [4.69, 9.17) is 4.74 Å². The van der Waals surface area contributed by atoms with Gasteiger partial charge in [-0.15, -0.1) is 0 Å². The number of carbonyl (C=O) groups is 1. The van der Waals surface area contributed by atoms with Gasteiger partial charge in [-0.2, -0.15) is 13.2 Å². The number of nitrogens with zero attached hydrogens (tertiary/aromatic N) is 2. The summed E-state index contributed by atoms with van der Waals surface area (Å²) in [5.74, 6) is -0.960. The van der Waals surface area contributed by atoms with Crippen LogP contribution in [0.15, 0.2) is 23.1 Å². The van der Waals surface area contributed by atoms with Crippen LogP contribution in [0.1, 0.15) is 10.4 Å². The Hall–Kier alpha value is -1.50. The fourth-order valence-corrected chi connectivity index (χ4v) is 3.94. The normalized spacial score (nSPS) is 15.7. The summed E-state index contributed by atoms with van der Waals surface area (Å²) < 4.78 is 67.8. The number of sulfonamides is 1. The topological polar surface area (TPSA) is 79.0 Å². The van der Waals surface area contributed by atoms with E-state index in [1.54, 1.807) is 6.07 Å². The molecule has 0 aliphatic carbocycles. The number of ether oxygens (including phenoxy) is 1. The van der Waals surface area contributed by atoms with Gasteiger partial charge in [0.1, 0.15) is 0 Å². The summed E-state index contributed by atoms with van der Waals surface area (Å²) >= 11 is -0.230. The van der Waals surface area contributed by atoms with Gasteiger partial charge in [0.05, 0.1) is 23.7 Å². The predicted molar refractivity (Wildman–Crippen MR) is 101 cm³/mol. The van der Waals surface area contributed by atoms with Crippen molar-refractivity contribution >= 4 is 33.4 Å². The number of hydrogen-bond acceptors (Lipinski definition) is 6. The van der Waals surface area contributed by atoms with Crippen molar-refractivity contribution in [3.8, 4) is 0 Å². The molecule has 1 heterocycles. The van der Waals surface area contributed by atoms with Crippen LogP contribution >= 0.6 is 11.8 Å². The highest BCUT2D eigenvalue weighted by atomic mass is 32.2. The summed E-state index contributed by atoms with van der Waals surface area (Å²) in [6.45, 7) is 1.76. The van der Waals surface area contributed by atoms with Crippen molar-refractivity contribution < 1.29 is 31.1 Å². The second kappa shape index (κ2) is 9.33. The quantitative estimate of drug-likeness (QED) is 0.650. The Labute approximate surface area is 166 Å². The highest BCUT2D eigenvalue weighted by molar-refractivity contribution is 8.00. The number of rotatable bonds is 7. The van der Waals surface area contributed by atoms with Crippen LogP contribution in [0.3, 0.4) is 0 Å². The van der Waals surface area contributed by atoms with Crippen LogP contribution in [-0.2, 0) is 14.8 Å². The minimum Gasteiger partial charge on any atom is -0.378 e. The monoisotopic (exact) mass is 441 g/mol. The molecule has 1 aromatic carbocycles. The molecule has 1 N–H and O–H groups in total. The molecule has 0 spiro atoms. The Morgan fingerprint density at radius 2 is 1.93 bits per heavy atom. The van der Waals surface area contributed by atoms with E-state index in [0.717, 1.165) is 4.31 Å². The third-order valence-electron chi connectivity index (χ3n) is 4.00. The summed E-state index contributed by atoms with van der Waals surface area (Å²) in [7, 11) is -1.02. The third-order valence-corrected chi connectivity index (χ3v) is 6.54. The first-order valence-electron chi connectivity index (χ1n) is 8.40. The minimum absolute atomic E-state index is 0.0654. The zero-order valence-corrected chi connectivity index (χ0v) is 17.1. The lowest BCUT2D eigenvalue weighted by atomic mass is 10.1. The van der Waals surface area contributed by atoms with Crippen molar-refractivity contribution in [1.82, 2.24) is 9.62 Å². The SMILES string of the molecule is CN(C)S(=O)(=O)c1ccc(N2CCOCC2)c(C(=O)NCCSC(F)(F)F)c1. The van der Waals surface area contributed by atoms with Crippen molar-refractivity contribution in [3.63, 3.8) is 0 Å². The number of amides is 1. The fraction of sp³-hybridized carbons (Fsp3) is 0.562. The first-order valence-corrected chi connectivity index (χ1v) is 10.8. The van der Waals surface area contributed by atoms with Crippen molar-refractivity contribution in [2.45, 2.75) is 10.4 Å². The second-order valence-corrected chi connectivity index (χ2v) is 9.43. The van der Waals surface area contributed by atoms with E-state index in [9.17, 15) is 26.4 Å². The molecule has 0 unspecified atom stereocenters. The number of anilines is 1. The lowest BCUT2D eigenvalue weighted by Crippen LogP contribution is -2.38. The van der Waals surface area contributed by atoms with Gasteiger partial charge in [-0.25, -0.2) is 12.7 Å². The maximum absolute atomic E-state index is 12.6. The van der Waals surface area contributed by atoms with Gasteiger partial charge in [-0.1, -0.05) is 0 Å². The number of hydrogen-bond donors (Lipinski definition) is 1. The molecule has 1 aliphatic rings. The van der Waals surface area contributed by atoms with Gasteiger partial charge in [-0.05, 0) is 30.0 Å². The number of thioether (sulfide) groups is 1. The van der Waals surface area contributed by atoms with Gasteiger partial charge in [0.25, 0.3) is 5.91 Å². The van der Waals surface area contributed by atoms with Crippen molar-refractivity contribution in [1.29, 1.82) is 0 Å². The van der Waals surface area contributed by atoms with Crippen LogP contribution < -0.4 is 10.2 Å². The lowest BCUT2D eigenvalue weighted by molar-refractivity contribution is -0.0327. The second-order valence-electron chi connectivity index (χ2n) is 6.12. The molecule has 1 saturated heterocycles. The van der Waals surface area contributed by atoms with Crippen LogP contribution in [0.4, 0.5) is 18.9 Å². The maximum atomic E-state index is 12.6. The summed E-state index contributed by atoms with van der Waals surface area (Å²) in [5.41, 5.74) is -3.76. The minimum atomic E-state index is -4.37. The number of alkyl halides is 3. The average molecular weight is 441 g/mol. The van der Waals surface area contributed by atoms with Crippen LogP contribution in [0.25, 0.3) is 0 Å². The lowest BCUT2D eigenvalue weighted by Gasteiger charge is -2.30. The molecule has 0 saturated carbocycles. The van der Waals surface area contributed by atoms with Crippen molar-refractivity contribution in [2.24, 2.45) is 0 Å². The zero-order valence-electron chi connectivity index (χ0n) is 15.5. The molecule has 0 atom stereocenters. The number of nitrogens with one attached hydrogen (secondary N) is 1. The summed E-state index contributed by atoms with van der Waals surface area (Å²) in [5, 5.41) is 2.43. The van der Waals surface area contributed by atoms with Gasteiger partial charge < -0.3 is 15.0 Å². The van der Waals surface area contributed by atoms with Crippen LogP contribution in [0, 0.1) is 0 Å². The summed E-state index contributed by atoms with van der Waals surface area (Å²) in [6.07, 6.45) is 0. The molecule has 7 nitrogen and oxygen atoms in total. The van der Waals surface area contributed by atoms with Crippen LogP contribution in [0.5, 0.6) is 0 Å². The molecule has 12 heteroatoms. The van der Waals surface area contributed by atoms with Crippen LogP contribution in [0.2, 0.25) is 0 Å². The zero-order chi connectivity index (χ0) is 20.9. The van der Waals surface area contributed by atoms with E-state index in [1.165, 1.54) is 26.2 Å². The van der Waals surface area contributed by atoms with Gasteiger partial charge in [0, 0.05) is 45.2 Å². The Bertz CT molecular complexity index is 795. The van der Waals surface area contributed by atoms with E-state index in [-0.39, 0.29) is 34.5 Å². The highest BCUT2D eigenvalue weighted by Gasteiger charge is 2.28. The van der Waals surface area contributed by atoms with Gasteiger partial charge in [0.15, 0.2) is 0 Å². The Morgan fingerprint density at radius 1 is 1.29 bits per heavy atom. The molecular weight excluding hydrogens is 419 g/mol. The van der Waals surface area contributed by atoms with E-state index < -0.39 is 21.4 Å². The predicted octanol–water partition coefficient (Wildman–Crippen LogP) is 1.76. The first kappa shape index (κ1) is 22.8. The molecular formula is C16H22F3N3O4S2. The van der Waals surface area contributed by atoms with Crippen molar-refractivity contribution in [2.75, 3.05) is 57.6 Å². The number of morpholine rings is 1. The molecule has 0 radical (unpaired) electrons. The first-order chi connectivity index (χ1) is 13.0. The third kappa shape index (κ3) is 6.00. The molecule has 158 valence electrons. The van der Waals surface area contributed by atoms with E-state index in [0.29, 0.717) is 32.0 Å². The summed E-state index contributed by atoms with van der Waals surface area (Å²) in [6, 6.07) is 4.21. The Kier molecular flexibility index (Phi) is 7.59. The van der Waals surface area contributed by atoms with Crippen molar-refractivity contribution in [3.05, 3.63) is 23.8 Å². The molecule has 0 bridgehead atoms. The number of halogens is 3. The van der Waals surface area contributed by atoms with E-state index >= 15 is 0 Å². The van der Waals surface area contributed by atoms with E-state index in [1.807, 2.05) is 4.90 Å². The molecule has 0 aromatic heterocycles. The number of carbonyl (C=O) groups excluding carboxylic acids is 1. The smallest absolute Gasteiger partial charge is 0.378 e. The summed E-state index contributed by atoms with van der Waals surface area (Å²) in [4.78, 5) is 14.4. The molecule has 1 aliphatic heterocycles. The van der Waals surface area contributed by atoms with E-state index in [2.05, 4.69) is 5.32 Å². The maximum Gasteiger partial charge on any atom is 0.441 e. The van der Waals surface area contributed by atoms with Crippen LogP contribution in [-0.4, -0.2) is 76.8 Å². The molecule has 1 fully saturated rings. The molecule has 1 aromatic rings. The standard InChI is InChI=1S/C16H22F3N3O4S2/c1-21(2)28(24,25)12-3-4-14(22-6-8-26-9-7-22)13(11-12)15(23)20-5-10-27-16(17,18)19/h3-4,11H,5-10H2,1-2H3,(H,20,23). The Balaban J connectivity index is 2.27. The molecule has 2 rings (SSSR count). The highest BCUT2D eigenvalue weighted by Crippen LogP contribution is 2.30. The Morgan fingerprint density at radius 3 is 2.50 bits per heavy atom. The average Bonchev–Trinajstić information content (AvgIpc) is 2.64. The van der Waals surface area contributed by atoms with Gasteiger partial charge >= 0.3 is 5.51 Å². The number of benzene rings is 1. The van der Waals surface area contributed by atoms with Gasteiger partial charge in [-0.3, -0.25) is 4.79 Å². The molecule has 1 amide bonds. The fourth-order valence-electron chi connectivity index (χ4n) is 2.57. The molecule has 28 heavy (non-hydrogen) atoms. The van der Waals surface area contributed by atoms with Gasteiger partial charge in [0.2, 0.25) is 10.0 Å².